The van der Waals surface area contributed by atoms with Crippen molar-refractivity contribution in [1.29, 1.82) is 0 Å². The highest BCUT2D eigenvalue weighted by molar-refractivity contribution is 6.35. The summed E-state index contributed by atoms with van der Waals surface area (Å²) in [4.78, 5) is 48.5. The van der Waals surface area contributed by atoms with Crippen molar-refractivity contribution in [3.8, 4) is 0 Å². The van der Waals surface area contributed by atoms with Gasteiger partial charge in [0.15, 0.2) is 24.5 Å². The molecule has 0 amide bonds. The van der Waals surface area contributed by atoms with Crippen molar-refractivity contribution in [1.82, 2.24) is 4.57 Å². The Morgan fingerprint density at radius 2 is 1.47 bits per heavy atom. The molecule has 2 aromatic carbocycles. The van der Waals surface area contributed by atoms with E-state index >= 15 is 0 Å². The molecule has 1 saturated carbocycles. The summed E-state index contributed by atoms with van der Waals surface area (Å²) >= 11 is 6.74. The molecule has 5 atom stereocenters. The van der Waals surface area contributed by atoms with Crippen molar-refractivity contribution in [2.75, 3.05) is 6.61 Å². The monoisotopic (exact) mass is 611 g/mol. The van der Waals surface area contributed by atoms with Crippen LogP contribution in [0.15, 0.2) is 48.7 Å². The summed E-state index contributed by atoms with van der Waals surface area (Å²) in [6, 6.07) is 14.0. The Morgan fingerprint density at radius 1 is 0.837 bits per heavy atom. The van der Waals surface area contributed by atoms with E-state index in [1.807, 2.05) is 12.3 Å². The number of hydrogen-bond acceptors (Lipinski definition) is 9. The number of hydrogen-bond donors (Lipinski definition) is 0. The first kappa shape index (κ1) is 30.6. The molecule has 2 fully saturated rings. The second-order valence-corrected chi connectivity index (χ2v) is 11.4. The Bertz CT molecular complexity index is 1530. The molecule has 11 heteroatoms. The van der Waals surface area contributed by atoms with Gasteiger partial charge in [-0.15, -0.1) is 0 Å². The molecule has 228 valence electrons. The number of halogens is 1. The van der Waals surface area contributed by atoms with Crippen molar-refractivity contribution in [2.24, 2.45) is 0 Å². The Hall–Kier alpha value is -3.89. The maximum absolute atomic E-state index is 12.4. The fourth-order valence-electron chi connectivity index (χ4n) is 5.67. The minimum atomic E-state index is -1.28. The van der Waals surface area contributed by atoms with Crippen LogP contribution < -0.4 is 0 Å². The lowest BCUT2D eigenvalue weighted by Crippen LogP contribution is -2.60. The second-order valence-electron chi connectivity index (χ2n) is 11.0. The molecule has 1 aliphatic heterocycles. The Balaban J connectivity index is 1.60. The zero-order valence-electron chi connectivity index (χ0n) is 24.4. The van der Waals surface area contributed by atoms with Gasteiger partial charge in [-0.25, -0.2) is 0 Å². The van der Waals surface area contributed by atoms with Crippen LogP contribution in [-0.4, -0.2) is 59.5 Å². The van der Waals surface area contributed by atoms with Crippen molar-refractivity contribution < 1.29 is 42.9 Å². The molecular weight excluding hydrogens is 578 g/mol. The summed E-state index contributed by atoms with van der Waals surface area (Å²) in [6.45, 7) is 4.52. The molecule has 2 aliphatic rings. The molecule has 43 heavy (non-hydrogen) atoms. The van der Waals surface area contributed by atoms with E-state index < -0.39 is 54.5 Å². The lowest BCUT2D eigenvalue weighted by Gasteiger charge is -2.44. The molecular formula is C32H34ClNO9. The molecule has 3 aromatic rings. The van der Waals surface area contributed by atoms with Gasteiger partial charge in [-0.2, -0.15) is 0 Å². The van der Waals surface area contributed by atoms with Crippen LogP contribution in [-0.2, 0) is 49.3 Å². The zero-order chi connectivity index (χ0) is 30.8. The average molecular weight is 612 g/mol. The molecule has 5 rings (SSSR count). The number of rotatable bonds is 9. The molecule has 1 aromatic heterocycles. The Labute approximate surface area is 254 Å². The smallest absolute Gasteiger partial charge is 0.303 e. The third-order valence-corrected chi connectivity index (χ3v) is 7.86. The van der Waals surface area contributed by atoms with E-state index in [1.165, 1.54) is 46.1 Å². The summed E-state index contributed by atoms with van der Waals surface area (Å²) in [7, 11) is 0. The van der Waals surface area contributed by atoms with Gasteiger partial charge < -0.3 is 28.3 Å². The second kappa shape index (κ2) is 12.8. The summed E-state index contributed by atoms with van der Waals surface area (Å²) in [5.41, 5.74) is 4.00. The lowest BCUT2D eigenvalue weighted by atomic mass is 9.97. The summed E-state index contributed by atoms with van der Waals surface area (Å²) in [5.74, 6) is -1.98. The molecule has 0 radical (unpaired) electrons. The molecule has 2 heterocycles. The summed E-state index contributed by atoms with van der Waals surface area (Å²) in [6.07, 6.45) is -1.03. The first-order chi connectivity index (χ1) is 20.5. The van der Waals surface area contributed by atoms with Gasteiger partial charge in [0.1, 0.15) is 12.7 Å². The van der Waals surface area contributed by atoms with Gasteiger partial charge in [-0.1, -0.05) is 41.9 Å². The van der Waals surface area contributed by atoms with Crippen LogP contribution >= 0.6 is 11.6 Å². The topological polar surface area (TPSA) is 119 Å². The third kappa shape index (κ3) is 7.02. The standard InChI is InChI=1S/C32H34ClNO9/c1-17(35)39-16-27-29(40-18(2)36)30(41-19(3)37)31(42-20(4)38)32(43-27)34-15-24(28-25(33)6-5-7-26(28)34)14-21-8-10-22(11-9-21)23-12-13-23/h5-11,15,23,27,29-32H,12-14,16H2,1-4H3/t27-,29-,30+,31-,32-/m1/s1. The van der Waals surface area contributed by atoms with Crippen molar-refractivity contribution >= 4 is 46.4 Å². The fraction of sp³-hybridized carbons (Fsp3) is 0.438. The maximum Gasteiger partial charge on any atom is 0.303 e. The van der Waals surface area contributed by atoms with Gasteiger partial charge in [-0.3, -0.25) is 19.2 Å². The zero-order valence-corrected chi connectivity index (χ0v) is 25.2. The molecule has 1 aliphatic carbocycles. The predicted molar refractivity (Wildman–Crippen MR) is 155 cm³/mol. The van der Waals surface area contributed by atoms with Gasteiger partial charge in [0, 0.05) is 39.3 Å². The lowest BCUT2D eigenvalue weighted by molar-refractivity contribution is -0.267. The quantitative estimate of drug-likeness (QED) is 0.243. The normalized spacial score (nSPS) is 23.4. The van der Waals surface area contributed by atoms with Crippen molar-refractivity contribution in [2.45, 2.75) is 83.5 Å². The minimum absolute atomic E-state index is 0.311. The molecule has 0 bridgehead atoms. The number of carbonyl (C=O) groups is 4. The van der Waals surface area contributed by atoms with Gasteiger partial charge >= 0.3 is 23.9 Å². The predicted octanol–water partition coefficient (Wildman–Crippen LogP) is 5.02. The van der Waals surface area contributed by atoms with E-state index in [9.17, 15) is 19.2 Å². The Kier molecular flexibility index (Phi) is 9.08. The highest BCUT2D eigenvalue weighted by Crippen LogP contribution is 2.41. The van der Waals surface area contributed by atoms with E-state index in [0.29, 0.717) is 22.9 Å². The third-order valence-electron chi connectivity index (χ3n) is 7.55. The molecule has 0 unspecified atom stereocenters. The van der Waals surface area contributed by atoms with Crippen LogP contribution in [0.5, 0.6) is 0 Å². The summed E-state index contributed by atoms with van der Waals surface area (Å²) < 4.78 is 30.3. The number of nitrogens with zero attached hydrogens (tertiary/aromatic N) is 1. The summed E-state index contributed by atoms with van der Waals surface area (Å²) in [5, 5.41) is 1.30. The highest BCUT2D eigenvalue weighted by atomic mass is 35.5. The molecule has 10 nitrogen and oxygen atoms in total. The highest BCUT2D eigenvalue weighted by Gasteiger charge is 2.53. The van der Waals surface area contributed by atoms with Crippen LogP contribution in [0.3, 0.4) is 0 Å². The van der Waals surface area contributed by atoms with Gasteiger partial charge in [-0.05, 0) is 54.0 Å². The van der Waals surface area contributed by atoms with E-state index in [-0.39, 0.29) is 6.61 Å². The first-order valence-corrected chi connectivity index (χ1v) is 14.6. The fourth-order valence-corrected chi connectivity index (χ4v) is 5.96. The van der Waals surface area contributed by atoms with Gasteiger partial charge in [0.25, 0.3) is 0 Å². The van der Waals surface area contributed by atoms with Crippen LogP contribution in [0.4, 0.5) is 0 Å². The number of ether oxygens (including phenoxy) is 5. The number of esters is 4. The number of aromatic nitrogens is 1. The van der Waals surface area contributed by atoms with Crippen LogP contribution in [0.2, 0.25) is 5.02 Å². The molecule has 0 spiro atoms. The van der Waals surface area contributed by atoms with E-state index in [1.54, 1.807) is 16.7 Å². The maximum atomic E-state index is 12.4. The SMILES string of the molecule is CC(=O)OC[C@H]1O[C@@H](n2cc(Cc3ccc(C4CC4)cc3)c3c(Cl)cccc32)[C@H](OC(C)=O)[C@@H](OC(C)=O)[C@@H]1OC(C)=O. The van der Waals surface area contributed by atoms with E-state index in [0.717, 1.165) is 16.5 Å². The van der Waals surface area contributed by atoms with Crippen LogP contribution in [0.25, 0.3) is 10.9 Å². The van der Waals surface area contributed by atoms with Crippen LogP contribution in [0.1, 0.15) is 69.4 Å². The number of benzene rings is 2. The minimum Gasteiger partial charge on any atom is -0.463 e. The average Bonchev–Trinajstić information content (AvgIpc) is 3.72. The first-order valence-electron chi connectivity index (χ1n) is 14.2. The van der Waals surface area contributed by atoms with Gasteiger partial charge in [0.05, 0.1) is 10.5 Å². The largest absolute Gasteiger partial charge is 0.463 e. The Morgan fingerprint density at radius 3 is 2.07 bits per heavy atom. The van der Waals surface area contributed by atoms with Crippen molar-refractivity contribution in [3.63, 3.8) is 0 Å². The van der Waals surface area contributed by atoms with Crippen LogP contribution in [0, 0.1) is 0 Å². The molecule has 0 N–H and O–H groups in total. The number of fused-ring (bicyclic) bond motifs is 1. The molecule has 1 saturated heterocycles. The van der Waals surface area contributed by atoms with Crippen molar-refractivity contribution in [3.05, 3.63) is 70.4 Å². The van der Waals surface area contributed by atoms with E-state index in [2.05, 4.69) is 24.3 Å². The van der Waals surface area contributed by atoms with E-state index in [4.69, 9.17) is 35.3 Å². The number of carbonyl (C=O) groups excluding carboxylic acids is 4. The van der Waals surface area contributed by atoms with Gasteiger partial charge in [0.2, 0.25) is 0 Å².